The fraction of sp³-hybridized carbons (Fsp3) is 0.467. The summed E-state index contributed by atoms with van der Waals surface area (Å²) in [6.45, 7) is 0. The van der Waals surface area contributed by atoms with Gasteiger partial charge in [0.05, 0.1) is 17.5 Å². The molecule has 2 bridgehead atoms. The highest BCUT2D eigenvalue weighted by Crippen LogP contribution is 2.56. The maximum atomic E-state index is 12.5. The summed E-state index contributed by atoms with van der Waals surface area (Å²) in [5.41, 5.74) is 0.585. The fourth-order valence-corrected chi connectivity index (χ4v) is 4.26. The molecule has 1 aliphatic heterocycles. The third-order valence-electron chi connectivity index (χ3n) is 5.04. The number of nitrogens with zero attached hydrogens (tertiary/aromatic N) is 1. The molecule has 1 aromatic rings. The van der Waals surface area contributed by atoms with Crippen LogP contribution in [0, 0.1) is 23.7 Å². The van der Waals surface area contributed by atoms with E-state index in [-0.39, 0.29) is 29.4 Å². The van der Waals surface area contributed by atoms with Gasteiger partial charge in [0.25, 0.3) is 0 Å². The number of fused-ring (bicyclic) bond motifs is 5. The molecule has 2 amide bonds. The molecule has 0 radical (unpaired) electrons. The molecule has 3 aliphatic rings. The number of phenols is 1. The van der Waals surface area contributed by atoms with Crippen LogP contribution in [0.3, 0.4) is 0 Å². The van der Waals surface area contributed by atoms with Crippen LogP contribution in [-0.4, -0.2) is 16.9 Å². The number of hydrogen-bond donors (Lipinski definition) is 1. The van der Waals surface area contributed by atoms with Crippen LogP contribution >= 0.6 is 0 Å². The van der Waals surface area contributed by atoms with Gasteiger partial charge in [-0.1, -0.05) is 0 Å². The molecule has 0 aromatic heterocycles. The number of amides is 2. The van der Waals surface area contributed by atoms with E-state index in [0.717, 1.165) is 19.3 Å². The first-order chi connectivity index (χ1) is 9.16. The van der Waals surface area contributed by atoms with E-state index in [9.17, 15) is 14.7 Å². The Morgan fingerprint density at radius 1 is 0.947 bits per heavy atom. The fourth-order valence-electron chi connectivity index (χ4n) is 4.26. The van der Waals surface area contributed by atoms with Gasteiger partial charge in [0.15, 0.2) is 0 Å². The Kier molecular flexibility index (Phi) is 2.08. The molecular weight excluding hydrogens is 242 g/mol. The smallest absolute Gasteiger partial charge is 0.237 e. The predicted octanol–water partition coefficient (Wildman–Crippen LogP) is 1.93. The molecule has 98 valence electrons. The second-order valence-electron chi connectivity index (χ2n) is 5.91. The zero-order valence-electron chi connectivity index (χ0n) is 10.5. The normalized spacial score (nSPS) is 36.1. The highest BCUT2D eigenvalue weighted by molar-refractivity contribution is 6.22. The summed E-state index contributed by atoms with van der Waals surface area (Å²) in [6.07, 6.45) is 3.23. The zero-order valence-corrected chi connectivity index (χ0v) is 10.5. The van der Waals surface area contributed by atoms with E-state index in [1.165, 1.54) is 17.0 Å². The quantitative estimate of drug-likeness (QED) is 0.782. The molecule has 1 saturated heterocycles. The SMILES string of the molecule is O=C1C2C(C(=O)N1c1ccc(O)cc1)[C@H]1CC[C@@H]2C1. The van der Waals surface area contributed by atoms with Crippen LogP contribution in [0.15, 0.2) is 24.3 Å². The number of aromatic hydroxyl groups is 1. The van der Waals surface area contributed by atoms with E-state index >= 15 is 0 Å². The Balaban J connectivity index is 1.73. The van der Waals surface area contributed by atoms with Crippen LogP contribution in [0.25, 0.3) is 0 Å². The minimum Gasteiger partial charge on any atom is -0.508 e. The van der Waals surface area contributed by atoms with Crippen LogP contribution in [0.1, 0.15) is 19.3 Å². The third-order valence-corrected chi connectivity index (χ3v) is 5.04. The standard InChI is InChI=1S/C15H15NO3/c17-11-5-3-10(4-6-11)16-14(18)12-8-1-2-9(7-8)13(12)15(16)19/h3-6,8-9,12-13,17H,1-2,7H2/t8-,9+,12?,13?. The Bertz CT molecular complexity index is 537. The highest BCUT2D eigenvalue weighted by atomic mass is 16.3. The number of benzene rings is 1. The first kappa shape index (κ1) is 11.0. The summed E-state index contributed by atoms with van der Waals surface area (Å²) in [6, 6.07) is 6.29. The molecule has 2 unspecified atom stereocenters. The maximum absolute atomic E-state index is 12.5. The van der Waals surface area contributed by atoms with Crippen molar-refractivity contribution in [1.29, 1.82) is 0 Å². The van der Waals surface area contributed by atoms with Gasteiger partial charge in [-0.15, -0.1) is 0 Å². The summed E-state index contributed by atoms with van der Waals surface area (Å²) < 4.78 is 0. The van der Waals surface area contributed by atoms with Crippen LogP contribution < -0.4 is 4.90 Å². The van der Waals surface area contributed by atoms with Crippen molar-refractivity contribution in [2.45, 2.75) is 19.3 Å². The van der Waals surface area contributed by atoms with Crippen molar-refractivity contribution < 1.29 is 14.7 Å². The number of carbonyl (C=O) groups excluding carboxylic acids is 2. The maximum Gasteiger partial charge on any atom is 0.237 e. The summed E-state index contributed by atoms with van der Waals surface area (Å²) >= 11 is 0. The van der Waals surface area contributed by atoms with Crippen molar-refractivity contribution >= 4 is 17.5 Å². The van der Waals surface area contributed by atoms with Gasteiger partial charge in [0.2, 0.25) is 11.8 Å². The van der Waals surface area contributed by atoms with Crippen molar-refractivity contribution in [1.82, 2.24) is 0 Å². The summed E-state index contributed by atoms with van der Waals surface area (Å²) in [7, 11) is 0. The largest absolute Gasteiger partial charge is 0.508 e. The van der Waals surface area contributed by atoms with Gasteiger partial charge in [-0.2, -0.15) is 0 Å². The Morgan fingerprint density at radius 3 is 2.00 bits per heavy atom. The number of carbonyl (C=O) groups is 2. The monoisotopic (exact) mass is 257 g/mol. The molecule has 0 spiro atoms. The number of rotatable bonds is 1. The summed E-state index contributed by atoms with van der Waals surface area (Å²) in [5.74, 6) is 0.728. The Labute approximate surface area is 111 Å². The molecule has 4 atom stereocenters. The number of hydrogen-bond acceptors (Lipinski definition) is 3. The lowest BCUT2D eigenvalue weighted by Crippen LogP contribution is -2.32. The average Bonchev–Trinajstić information content (AvgIpc) is 3.06. The van der Waals surface area contributed by atoms with Crippen molar-refractivity contribution in [3.05, 3.63) is 24.3 Å². The lowest BCUT2D eigenvalue weighted by atomic mass is 9.81. The second-order valence-corrected chi connectivity index (χ2v) is 5.91. The van der Waals surface area contributed by atoms with E-state index < -0.39 is 0 Å². The van der Waals surface area contributed by atoms with E-state index in [1.807, 2.05) is 0 Å². The molecule has 4 heteroatoms. The van der Waals surface area contributed by atoms with Crippen LogP contribution in [-0.2, 0) is 9.59 Å². The van der Waals surface area contributed by atoms with Crippen molar-refractivity contribution in [3.8, 4) is 5.75 Å². The van der Waals surface area contributed by atoms with Gasteiger partial charge < -0.3 is 5.11 Å². The van der Waals surface area contributed by atoms with E-state index in [4.69, 9.17) is 0 Å². The molecular formula is C15H15NO3. The molecule has 3 fully saturated rings. The van der Waals surface area contributed by atoms with Crippen molar-refractivity contribution in [2.75, 3.05) is 4.90 Å². The predicted molar refractivity (Wildman–Crippen MR) is 68.4 cm³/mol. The molecule has 4 nitrogen and oxygen atoms in total. The zero-order chi connectivity index (χ0) is 13.1. The van der Waals surface area contributed by atoms with Gasteiger partial charge >= 0.3 is 0 Å². The lowest BCUT2D eigenvalue weighted by Gasteiger charge is -2.19. The van der Waals surface area contributed by atoms with Gasteiger partial charge in [-0.25, -0.2) is 0 Å². The van der Waals surface area contributed by atoms with E-state index in [0.29, 0.717) is 17.5 Å². The van der Waals surface area contributed by atoms with Gasteiger partial charge in [-0.3, -0.25) is 14.5 Å². The van der Waals surface area contributed by atoms with Crippen molar-refractivity contribution in [2.24, 2.45) is 23.7 Å². The molecule has 4 rings (SSSR count). The van der Waals surface area contributed by atoms with Gasteiger partial charge in [0, 0.05) is 0 Å². The Morgan fingerprint density at radius 2 is 1.47 bits per heavy atom. The Hall–Kier alpha value is -1.84. The van der Waals surface area contributed by atoms with Crippen molar-refractivity contribution in [3.63, 3.8) is 0 Å². The van der Waals surface area contributed by atoms with E-state index in [2.05, 4.69) is 0 Å². The molecule has 1 heterocycles. The summed E-state index contributed by atoms with van der Waals surface area (Å²) in [4.78, 5) is 26.4. The number of phenolic OH excluding ortho intramolecular Hbond substituents is 1. The van der Waals surface area contributed by atoms with Crippen LogP contribution in [0.4, 0.5) is 5.69 Å². The minimum atomic E-state index is -0.0833. The second kappa shape index (κ2) is 3.59. The summed E-state index contributed by atoms with van der Waals surface area (Å²) in [5, 5.41) is 9.30. The molecule has 1 aromatic carbocycles. The molecule has 1 N–H and O–H groups in total. The molecule has 19 heavy (non-hydrogen) atoms. The molecule has 2 aliphatic carbocycles. The first-order valence-electron chi connectivity index (χ1n) is 6.83. The van der Waals surface area contributed by atoms with Crippen LogP contribution in [0.2, 0.25) is 0 Å². The molecule has 2 saturated carbocycles. The number of imide groups is 1. The van der Waals surface area contributed by atoms with Gasteiger partial charge in [0.1, 0.15) is 5.75 Å². The van der Waals surface area contributed by atoms with E-state index in [1.54, 1.807) is 12.1 Å². The van der Waals surface area contributed by atoms with Crippen LogP contribution in [0.5, 0.6) is 5.75 Å². The topological polar surface area (TPSA) is 57.6 Å². The highest BCUT2D eigenvalue weighted by Gasteiger charge is 2.61. The van der Waals surface area contributed by atoms with Gasteiger partial charge in [-0.05, 0) is 55.4 Å². The first-order valence-corrected chi connectivity index (χ1v) is 6.83. The minimum absolute atomic E-state index is 0.0344. The average molecular weight is 257 g/mol. The lowest BCUT2D eigenvalue weighted by molar-refractivity contribution is -0.123. The number of anilines is 1. The third kappa shape index (κ3) is 1.34.